The number of rotatable bonds is 4. The zero-order valence-electron chi connectivity index (χ0n) is 14.1. The molecule has 0 bridgehead atoms. The first-order chi connectivity index (χ1) is 12.6. The van der Waals surface area contributed by atoms with Crippen molar-refractivity contribution in [2.24, 2.45) is 0 Å². The molecule has 136 valence electrons. The van der Waals surface area contributed by atoms with Gasteiger partial charge in [0, 0.05) is 18.2 Å². The molecule has 0 amide bonds. The smallest absolute Gasteiger partial charge is 0.243 e. The summed E-state index contributed by atoms with van der Waals surface area (Å²) in [6.45, 7) is 1.16. The Bertz CT molecular complexity index is 926. The molecular formula is C19H19NO5S. The number of ether oxygens (including phenoxy) is 2. The molecule has 0 saturated carbocycles. The second-order valence-electron chi connectivity index (χ2n) is 6.31. The fourth-order valence-electron chi connectivity index (χ4n) is 3.40. The van der Waals surface area contributed by atoms with Crippen LogP contribution in [0.2, 0.25) is 0 Å². The van der Waals surface area contributed by atoms with E-state index < -0.39 is 16.1 Å². The van der Waals surface area contributed by atoms with E-state index in [-0.39, 0.29) is 10.7 Å². The summed E-state index contributed by atoms with van der Waals surface area (Å²) in [4.78, 5) is 12.9. The quantitative estimate of drug-likeness (QED) is 0.770. The minimum absolute atomic E-state index is 0.120. The molecule has 0 radical (unpaired) electrons. The molecule has 6 nitrogen and oxygen atoms in total. The third kappa shape index (κ3) is 2.97. The predicted octanol–water partition coefficient (Wildman–Crippen LogP) is 2.49. The van der Waals surface area contributed by atoms with E-state index in [9.17, 15) is 13.2 Å². The van der Waals surface area contributed by atoms with Gasteiger partial charge in [-0.1, -0.05) is 30.3 Å². The highest BCUT2D eigenvalue weighted by Crippen LogP contribution is 2.35. The van der Waals surface area contributed by atoms with E-state index in [1.165, 1.54) is 16.4 Å². The Morgan fingerprint density at radius 2 is 1.73 bits per heavy atom. The molecule has 2 heterocycles. The van der Waals surface area contributed by atoms with E-state index in [0.717, 1.165) is 0 Å². The molecule has 2 aromatic carbocycles. The van der Waals surface area contributed by atoms with Gasteiger partial charge in [-0.2, -0.15) is 4.31 Å². The SMILES string of the molecule is O=C(c1ccccc1)C1CCCN1S(=O)(=O)c1ccc2c(c1)OCCO2. The molecule has 1 atom stereocenters. The van der Waals surface area contributed by atoms with Crippen molar-refractivity contribution in [1.82, 2.24) is 4.31 Å². The van der Waals surface area contributed by atoms with Crippen LogP contribution in [0.15, 0.2) is 53.4 Å². The van der Waals surface area contributed by atoms with E-state index in [1.54, 1.807) is 30.3 Å². The van der Waals surface area contributed by atoms with Gasteiger partial charge in [-0.3, -0.25) is 4.79 Å². The minimum atomic E-state index is -3.80. The van der Waals surface area contributed by atoms with Gasteiger partial charge in [0.15, 0.2) is 17.3 Å². The standard InChI is InChI=1S/C19H19NO5S/c21-19(14-5-2-1-3-6-14)16-7-4-10-20(16)26(22,23)15-8-9-17-18(13-15)25-12-11-24-17/h1-3,5-6,8-9,13,16H,4,7,10-12H2. The van der Waals surface area contributed by atoms with Crippen LogP contribution in [0.4, 0.5) is 0 Å². The molecule has 0 spiro atoms. The molecule has 1 fully saturated rings. The first-order valence-electron chi connectivity index (χ1n) is 8.58. The zero-order valence-corrected chi connectivity index (χ0v) is 14.9. The summed E-state index contributed by atoms with van der Waals surface area (Å²) < 4.78 is 38.5. The molecule has 4 rings (SSSR count). The van der Waals surface area contributed by atoms with Gasteiger partial charge in [0.2, 0.25) is 10.0 Å². The molecule has 0 aromatic heterocycles. The maximum Gasteiger partial charge on any atom is 0.243 e. The van der Waals surface area contributed by atoms with Crippen molar-refractivity contribution >= 4 is 15.8 Å². The molecule has 0 aliphatic carbocycles. The number of benzene rings is 2. The van der Waals surface area contributed by atoms with Crippen LogP contribution in [0.1, 0.15) is 23.2 Å². The van der Waals surface area contributed by atoms with Crippen molar-refractivity contribution in [3.63, 3.8) is 0 Å². The summed E-state index contributed by atoms with van der Waals surface area (Å²) in [6, 6.07) is 12.7. The molecule has 0 N–H and O–H groups in total. The van der Waals surface area contributed by atoms with E-state index in [1.807, 2.05) is 6.07 Å². The first-order valence-corrected chi connectivity index (χ1v) is 10.0. The van der Waals surface area contributed by atoms with Crippen LogP contribution in [-0.2, 0) is 10.0 Å². The number of nitrogens with zero attached hydrogens (tertiary/aromatic N) is 1. The van der Waals surface area contributed by atoms with Gasteiger partial charge >= 0.3 is 0 Å². The molecule has 1 unspecified atom stereocenters. The van der Waals surface area contributed by atoms with Crippen LogP contribution in [0.25, 0.3) is 0 Å². The van der Waals surface area contributed by atoms with Crippen LogP contribution in [0.3, 0.4) is 0 Å². The second kappa shape index (κ2) is 6.74. The Balaban J connectivity index is 1.65. The Morgan fingerprint density at radius 3 is 2.50 bits per heavy atom. The van der Waals surface area contributed by atoms with Gasteiger partial charge in [-0.25, -0.2) is 8.42 Å². The maximum absolute atomic E-state index is 13.1. The van der Waals surface area contributed by atoms with Crippen LogP contribution < -0.4 is 9.47 Å². The fraction of sp³-hybridized carbons (Fsp3) is 0.316. The number of ketones is 1. The fourth-order valence-corrected chi connectivity index (χ4v) is 5.08. The zero-order chi connectivity index (χ0) is 18.1. The predicted molar refractivity (Wildman–Crippen MR) is 95.1 cm³/mol. The lowest BCUT2D eigenvalue weighted by Gasteiger charge is -2.24. The van der Waals surface area contributed by atoms with E-state index in [4.69, 9.17) is 9.47 Å². The van der Waals surface area contributed by atoms with Crippen molar-refractivity contribution in [3.05, 3.63) is 54.1 Å². The number of carbonyl (C=O) groups excluding carboxylic acids is 1. The van der Waals surface area contributed by atoms with Gasteiger partial charge < -0.3 is 9.47 Å². The van der Waals surface area contributed by atoms with Crippen LogP contribution in [0.5, 0.6) is 11.5 Å². The lowest BCUT2D eigenvalue weighted by atomic mass is 10.0. The molecule has 2 aliphatic heterocycles. The Labute approximate surface area is 152 Å². The minimum Gasteiger partial charge on any atom is -0.486 e. The molecule has 2 aromatic rings. The number of fused-ring (bicyclic) bond motifs is 1. The largest absolute Gasteiger partial charge is 0.486 e. The highest BCUT2D eigenvalue weighted by atomic mass is 32.2. The summed E-state index contributed by atoms with van der Waals surface area (Å²) >= 11 is 0. The van der Waals surface area contributed by atoms with Crippen LogP contribution in [0, 0.1) is 0 Å². The van der Waals surface area contributed by atoms with Gasteiger partial charge in [0.05, 0.1) is 10.9 Å². The number of Topliss-reactive ketones (excluding diaryl/α,β-unsaturated/α-hetero) is 1. The summed E-state index contributed by atoms with van der Waals surface area (Å²) in [6.07, 6.45) is 1.19. The normalized spacial score (nSPS) is 20.1. The molecular weight excluding hydrogens is 354 g/mol. The molecule has 2 aliphatic rings. The Hall–Kier alpha value is -2.38. The van der Waals surface area contributed by atoms with Crippen molar-refractivity contribution in [2.75, 3.05) is 19.8 Å². The lowest BCUT2D eigenvalue weighted by molar-refractivity contribution is 0.0918. The monoisotopic (exact) mass is 373 g/mol. The van der Waals surface area contributed by atoms with Gasteiger partial charge in [0.25, 0.3) is 0 Å². The van der Waals surface area contributed by atoms with Crippen molar-refractivity contribution in [3.8, 4) is 11.5 Å². The van der Waals surface area contributed by atoms with Gasteiger partial charge in [-0.05, 0) is 25.0 Å². The number of sulfonamides is 1. The average molecular weight is 373 g/mol. The Kier molecular flexibility index (Phi) is 4.42. The topological polar surface area (TPSA) is 72.9 Å². The van der Waals surface area contributed by atoms with Gasteiger partial charge in [0.1, 0.15) is 13.2 Å². The second-order valence-corrected chi connectivity index (χ2v) is 8.20. The highest BCUT2D eigenvalue weighted by molar-refractivity contribution is 7.89. The summed E-state index contributed by atoms with van der Waals surface area (Å²) in [5.41, 5.74) is 0.529. The molecule has 26 heavy (non-hydrogen) atoms. The van der Waals surface area contributed by atoms with E-state index >= 15 is 0 Å². The third-order valence-electron chi connectivity index (χ3n) is 4.68. The lowest BCUT2D eigenvalue weighted by Crippen LogP contribution is -2.40. The van der Waals surface area contributed by atoms with Crippen molar-refractivity contribution in [1.29, 1.82) is 0 Å². The van der Waals surface area contributed by atoms with Crippen LogP contribution >= 0.6 is 0 Å². The molecule has 7 heteroatoms. The summed E-state index contributed by atoms with van der Waals surface area (Å²) in [5, 5.41) is 0. The Morgan fingerprint density at radius 1 is 1.00 bits per heavy atom. The highest BCUT2D eigenvalue weighted by Gasteiger charge is 2.40. The number of hydrogen-bond donors (Lipinski definition) is 0. The third-order valence-corrected chi connectivity index (χ3v) is 6.59. The summed E-state index contributed by atoms with van der Waals surface area (Å²) in [5.74, 6) is 0.792. The summed E-state index contributed by atoms with van der Waals surface area (Å²) in [7, 11) is -3.80. The number of hydrogen-bond acceptors (Lipinski definition) is 5. The molecule has 1 saturated heterocycles. The van der Waals surface area contributed by atoms with Crippen molar-refractivity contribution in [2.45, 2.75) is 23.8 Å². The van der Waals surface area contributed by atoms with Crippen molar-refractivity contribution < 1.29 is 22.7 Å². The van der Waals surface area contributed by atoms with Crippen LogP contribution in [-0.4, -0.2) is 44.3 Å². The van der Waals surface area contributed by atoms with E-state index in [0.29, 0.717) is 49.7 Å². The van der Waals surface area contributed by atoms with Gasteiger partial charge in [-0.15, -0.1) is 0 Å². The average Bonchev–Trinajstić information content (AvgIpc) is 3.18. The first kappa shape index (κ1) is 17.1. The maximum atomic E-state index is 13.1. The van der Waals surface area contributed by atoms with E-state index in [2.05, 4.69) is 0 Å². The number of carbonyl (C=O) groups is 1.